The maximum absolute atomic E-state index is 14.1. The Kier molecular flexibility index (Phi) is 9.79. The van der Waals surface area contributed by atoms with Crippen LogP contribution in [-0.2, 0) is 0 Å². The quantitative estimate of drug-likeness (QED) is 0.144. The zero-order valence-corrected chi connectivity index (χ0v) is 36.2. The van der Waals surface area contributed by atoms with Crippen molar-refractivity contribution in [1.82, 2.24) is 9.13 Å². The average Bonchev–Trinajstić information content (AvgIpc) is 3.88. The summed E-state index contributed by atoms with van der Waals surface area (Å²) in [7, 11) is 0. The predicted molar refractivity (Wildman–Crippen MR) is 272 cm³/mol. The van der Waals surface area contributed by atoms with Gasteiger partial charge in [0.15, 0.2) is 0 Å². The van der Waals surface area contributed by atoms with Crippen molar-refractivity contribution in [2.45, 2.75) is 25.7 Å². The first-order valence-electron chi connectivity index (χ1n) is 22.7. The third-order valence-electron chi connectivity index (χ3n) is 13.1. The van der Waals surface area contributed by atoms with Gasteiger partial charge in [0.2, 0.25) is 0 Å². The van der Waals surface area contributed by atoms with Gasteiger partial charge in [0, 0.05) is 73.5 Å². The Morgan fingerprint density at radius 2 is 0.939 bits per heavy atom. The molecule has 10 aromatic rings. The van der Waals surface area contributed by atoms with E-state index in [-0.39, 0.29) is 11.6 Å². The number of allylic oxidation sites excluding steroid dienone is 7. The van der Waals surface area contributed by atoms with Crippen molar-refractivity contribution >= 4 is 77.7 Å². The molecule has 2 aromatic heterocycles. The lowest BCUT2D eigenvalue weighted by Crippen LogP contribution is -2.16. The molecular weight excluding hydrogens is 815 g/mol. The summed E-state index contributed by atoms with van der Waals surface area (Å²) in [6.07, 6.45) is 13.4. The largest absolute Gasteiger partial charge is 0.313 e. The van der Waals surface area contributed by atoms with E-state index in [1.807, 2.05) is 24.3 Å². The Labute approximate surface area is 382 Å². The average molecular weight is 859 g/mol. The van der Waals surface area contributed by atoms with Crippen molar-refractivity contribution in [2.75, 3.05) is 9.80 Å². The van der Waals surface area contributed by atoms with Gasteiger partial charge in [-0.2, -0.15) is 0 Å². The van der Waals surface area contributed by atoms with Gasteiger partial charge in [-0.3, -0.25) is 0 Å². The zero-order valence-electron chi connectivity index (χ0n) is 36.2. The van der Waals surface area contributed by atoms with Crippen LogP contribution in [0.25, 0.3) is 66.1 Å². The van der Waals surface area contributed by atoms with Crippen LogP contribution in [0.15, 0.2) is 230 Å². The Balaban J connectivity index is 0.893. The lowest BCUT2D eigenvalue weighted by atomic mass is 10.0. The molecule has 2 heterocycles. The number of anilines is 5. The molecule has 0 aliphatic heterocycles. The van der Waals surface area contributed by atoms with Gasteiger partial charge in [-0.05, 0) is 158 Å². The van der Waals surface area contributed by atoms with Crippen LogP contribution < -0.4 is 9.80 Å². The number of rotatable bonds is 9. The van der Waals surface area contributed by atoms with Gasteiger partial charge in [0.05, 0.1) is 22.1 Å². The fourth-order valence-corrected chi connectivity index (χ4v) is 10.0. The molecule has 0 spiro atoms. The topological polar surface area (TPSA) is 16.3 Å². The third-order valence-corrected chi connectivity index (χ3v) is 13.1. The van der Waals surface area contributed by atoms with Crippen LogP contribution in [-0.4, -0.2) is 9.13 Å². The minimum Gasteiger partial charge on any atom is -0.313 e. The lowest BCUT2D eigenvalue weighted by molar-refractivity contribution is 0.587. The zero-order chi connectivity index (χ0) is 44.1. The van der Waals surface area contributed by atoms with Crippen molar-refractivity contribution < 1.29 is 8.78 Å². The number of hydrogen-bond donors (Lipinski definition) is 0. The van der Waals surface area contributed by atoms with E-state index < -0.39 is 0 Å². The number of fused-ring (bicyclic) bond motifs is 6. The Morgan fingerprint density at radius 3 is 1.55 bits per heavy atom. The molecule has 6 heteroatoms. The van der Waals surface area contributed by atoms with E-state index in [1.54, 1.807) is 6.08 Å². The van der Waals surface area contributed by atoms with Crippen LogP contribution >= 0.6 is 0 Å². The van der Waals surface area contributed by atoms with Gasteiger partial charge in [0.1, 0.15) is 11.6 Å². The molecular formula is C60H44F2N4. The Morgan fingerprint density at radius 1 is 0.409 bits per heavy atom. The minimum absolute atomic E-state index is 0.0691. The van der Waals surface area contributed by atoms with Crippen LogP contribution in [0.4, 0.5) is 37.2 Å². The summed E-state index contributed by atoms with van der Waals surface area (Å²) in [4.78, 5) is 4.66. The van der Waals surface area contributed by atoms with Crippen LogP contribution in [0, 0.1) is 5.82 Å². The number of aromatic nitrogens is 2. The van der Waals surface area contributed by atoms with Crippen LogP contribution in [0.5, 0.6) is 0 Å². The normalized spacial score (nSPS) is 13.9. The van der Waals surface area contributed by atoms with E-state index in [2.05, 4.69) is 195 Å². The van der Waals surface area contributed by atoms with Crippen molar-refractivity contribution in [3.05, 3.63) is 236 Å². The molecule has 2 aliphatic rings. The summed E-state index contributed by atoms with van der Waals surface area (Å²) < 4.78 is 32.6. The molecule has 0 radical (unpaired) electrons. The van der Waals surface area contributed by atoms with Crippen molar-refractivity contribution in [1.29, 1.82) is 0 Å². The number of para-hydroxylation sites is 3. The number of halogens is 2. The maximum Gasteiger partial charge on any atom is 0.123 e. The second-order valence-corrected chi connectivity index (χ2v) is 17.1. The highest BCUT2D eigenvalue weighted by molar-refractivity contribution is 6.12. The Hall–Kier alpha value is -8.22. The maximum atomic E-state index is 14.1. The smallest absolute Gasteiger partial charge is 0.123 e. The van der Waals surface area contributed by atoms with E-state index in [9.17, 15) is 8.78 Å². The molecule has 4 nitrogen and oxygen atoms in total. The standard InChI is InChI=1S/C60H44F2N4/c61-43-23-31-49(32-24-43)65-57-17-9-7-15-53(57)55-39-51(35-37-59(55)65)63(45-11-3-1-4-12-45)47-27-19-41(20-28-47)42-21-29-48(30-22-42)64(46-13-5-2-6-14-46)52-36-38-60-56(40-52)54-16-8-10-18-58(54)66(60)50-33-25-44(62)26-34-50/h1,3-5,7-25,27-33,35-40H,2,6,26,34H2. The van der Waals surface area contributed by atoms with Crippen LogP contribution in [0.3, 0.4) is 0 Å². The highest BCUT2D eigenvalue weighted by Crippen LogP contribution is 2.43. The highest BCUT2D eigenvalue weighted by Gasteiger charge is 2.21. The summed E-state index contributed by atoms with van der Waals surface area (Å²) in [5.41, 5.74) is 15.1. The first-order chi connectivity index (χ1) is 32.6. The highest BCUT2D eigenvalue weighted by atomic mass is 19.1. The first-order valence-corrected chi connectivity index (χ1v) is 22.7. The van der Waals surface area contributed by atoms with E-state index in [1.165, 1.54) is 22.9 Å². The molecule has 0 amide bonds. The lowest BCUT2D eigenvalue weighted by Gasteiger charge is -2.28. The second kappa shape index (κ2) is 16.4. The van der Waals surface area contributed by atoms with Crippen molar-refractivity contribution in [2.24, 2.45) is 0 Å². The monoisotopic (exact) mass is 858 g/mol. The molecule has 0 bridgehead atoms. The van der Waals surface area contributed by atoms with E-state index in [0.29, 0.717) is 12.8 Å². The van der Waals surface area contributed by atoms with E-state index in [4.69, 9.17) is 0 Å². The van der Waals surface area contributed by atoms with E-state index in [0.717, 1.165) is 102 Å². The Bertz CT molecular complexity index is 3590. The number of benzene rings is 8. The molecule has 0 fully saturated rings. The van der Waals surface area contributed by atoms with Crippen LogP contribution in [0.2, 0.25) is 0 Å². The molecule has 0 atom stereocenters. The number of nitrogens with zero attached hydrogens (tertiary/aromatic N) is 4. The summed E-state index contributed by atoms with van der Waals surface area (Å²) in [6, 6.07) is 65.2. The molecule has 8 aromatic carbocycles. The molecule has 0 saturated heterocycles. The van der Waals surface area contributed by atoms with Gasteiger partial charge in [-0.15, -0.1) is 0 Å². The second-order valence-electron chi connectivity index (χ2n) is 17.1. The van der Waals surface area contributed by atoms with Crippen molar-refractivity contribution in [3.63, 3.8) is 0 Å². The van der Waals surface area contributed by atoms with Gasteiger partial charge in [-0.1, -0.05) is 91.0 Å². The summed E-state index contributed by atoms with van der Waals surface area (Å²) in [5.74, 6) is -0.321. The van der Waals surface area contributed by atoms with Gasteiger partial charge in [-0.25, -0.2) is 8.78 Å². The van der Waals surface area contributed by atoms with Crippen molar-refractivity contribution in [3.8, 4) is 16.8 Å². The van der Waals surface area contributed by atoms with Gasteiger partial charge < -0.3 is 18.9 Å². The minimum atomic E-state index is -0.252. The van der Waals surface area contributed by atoms with Gasteiger partial charge >= 0.3 is 0 Å². The van der Waals surface area contributed by atoms with E-state index >= 15 is 0 Å². The third kappa shape index (κ3) is 6.90. The molecule has 2 aliphatic carbocycles. The van der Waals surface area contributed by atoms with Crippen LogP contribution in [0.1, 0.15) is 25.7 Å². The van der Waals surface area contributed by atoms with Gasteiger partial charge in [0.25, 0.3) is 0 Å². The summed E-state index contributed by atoms with van der Waals surface area (Å²) in [5, 5.41) is 4.61. The molecule has 12 rings (SSSR count). The predicted octanol–water partition coefficient (Wildman–Crippen LogP) is 17.0. The summed E-state index contributed by atoms with van der Waals surface area (Å²) in [6.45, 7) is 0. The fourth-order valence-electron chi connectivity index (χ4n) is 10.0. The fraction of sp³-hybridized carbons (Fsp3) is 0.0667. The SMILES string of the molecule is FC1=CC=C(n2c3ccccc3c3cc(N(C4=CCCC=C4)c4ccc(-c5ccc(N(c6ccccc6)c6ccc7c(c6)c6ccccc6n7-c6ccc(F)cc6)cc5)cc4)ccc32)CC1. The molecule has 0 unspecified atom stereocenters. The summed E-state index contributed by atoms with van der Waals surface area (Å²) >= 11 is 0. The molecule has 318 valence electrons. The molecule has 66 heavy (non-hydrogen) atoms. The molecule has 0 saturated carbocycles. The number of hydrogen-bond acceptors (Lipinski definition) is 2. The first kappa shape index (κ1) is 39.4. The molecule has 0 N–H and O–H groups in total.